The minimum absolute atomic E-state index is 0.221. The van der Waals surface area contributed by atoms with E-state index in [-0.39, 0.29) is 5.54 Å². The fourth-order valence-electron chi connectivity index (χ4n) is 6.19. The summed E-state index contributed by atoms with van der Waals surface area (Å²) in [7, 11) is 1.87. The van der Waals surface area contributed by atoms with Crippen molar-refractivity contribution in [1.82, 2.24) is 20.5 Å². The summed E-state index contributed by atoms with van der Waals surface area (Å²) in [5.74, 6) is 0. The van der Waals surface area contributed by atoms with Gasteiger partial charge in [-0.2, -0.15) is 13.2 Å². The molecule has 1 saturated heterocycles. The van der Waals surface area contributed by atoms with Crippen molar-refractivity contribution in [3.8, 4) is 0 Å². The van der Waals surface area contributed by atoms with Crippen LogP contribution in [-0.2, 0) is 18.3 Å². The molecule has 8 heteroatoms. The first-order valence-corrected chi connectivity index (χ1v) is 11.3. The number of likely N-dealkylation sites (N-methyl/N-ethyl adjacent to an activating group) is 2. The van der Waals surface area contributed by atoms with E-state index in [9.17, 15) is 13.2 Å². The molecule has 0 spiro atoms. The van der Waals surface area contributed by atoms with Crippen molar-refractivity contribution in [2.75, 3.05) is 13.6 Å². The van der Waals surface area contributed by atoms with Crippen LogP contribution in [0.1, 0.15) is 57.9 Å². The molecule has 0 radical (unpaired) electrons. The number of hydrogen-bond donors (Lipinski definition) is 3. The average molecular weight is 464 g/mol. The van der Waals surface area contributed by atoms with Gasteiger partial charge in [0.05, 0.1) is 16.8 Å². The normalized spacial score (nSPS) is 27.5. The van der Waals surface area contributed by atoms with Crippen molar-refractivity contribution in [3.05, 3.63) is 65.5 Å². The first-order chi connectivity index (χ1) is 15.2. The second-order valence-corrected chi connectivity index (χ2v) is 10.0. The lowest BCUT2D eigenvalue weighted by Crippen LogP contribution is -2.89. The molecule has 0 bridgehead atoms. The number of alkyl halides is 3. The molecule has 0 amide bonds. The zero-order valence-corrected chi connectivity index (χ0v) is 20.3. The van der Waals surface area contributed by atoms with E-state index in [0.29, 0.717) is 13.0 Å². The van der Waals surface area contributed by atoms with Gasteiger partial charge in [0.15, 0.2) is 0 Å². The van der Waals surface area contributed by atoms with E-state index in [1.54, 1.807) is 6.20 Å². The number of piperidine rings is 1. The number of rotatable bonds is 6. The molecule has 182 valence electrons. The van der Waals surface area contributed by atoms with Gasteiger partial charge in [0, 0.05) is 23.8 Å². The SMILES string of the molecule is CCN1C(C)(C)CC(N)(c2ccccn2)C(NC)(NCc2ccc(C(F)(F)F)cc2)C1(C)C. The molecule has 33 heavy (non-hydrogen) atoms. The van der Waals surface area contributed by atoms with Crippen molar-refractivity contribution < 1.29 is 13.2 Å². The molecule has 1 aliphatic rings. The molecule has 2 unspecified atom stereocenters. The zero-order chi connectivity index (χ0) is 24.7. The zero-order valence-electron chi connectivity index (χ0n) is 20.3. The quantitative estimate of drug-likeness (QED) is 0.559. The smallest absolute Gasteiger partial charge is 0.317 e. The molecule has 3 rings (SSSR count). The molecular weight excluding hydrogens is 427 g/mol. The molecular formula is C25H36F3N5. The van der Waals surface area contributed by atoms with Crippen LogP contribution in [-0.4, -0.2) is 40.2 Å². The second kappa shape index (κ2) is 8.65. The average Bonchev–Trinajstić information content (AvgIpc) is 2.73. The van der Waals surface area contributed by atoms with Gasteiger partial charge in [-0.1, -0.05) is 25.1 Å². The number of nitrogens with zero attached hydrogens (tertiary/aromatic N) is 2. The molecule has 2 atom stereocenters. The maximum Gasteiger partial charge on any atom is 0.416 e. The topological polar surface area (TPSA) is 66.2 Å². The van der Waals surface area contributed by atoms with Crippen LogP contribution in [0.2, 0.25) is 0 Å². The molecule has 1 aromatic heterocycles. The van der Waals surface area contributed by atoms with Crippen LogP contribution in [0.4, 0.5) is 13.2 Å². The second-order valence-electron chi connectivity index (χ2n) is 10.0. The van der Waals surface area contributed by atoms with E-state index < -0.39 is 28.5 Å². The van der Waals surface area contributed by atoms with Crippen molar-refractivity contribution in [3.63, 3.8) is 0 Å². The van der Waals surface area contributed by atoms with Crippen molar-refractivity contribution >= 4 is 0 Å². The summed E-state index contributed by atoms with van der Waals surface area (Å²) >= 11 is 0. The predicted molar refractivity (Wildman–Crippen MR) is 125 cm³/mol. The number of nitrogens with one attached hydrogen (secondary N) is 2. The number of aromatic nitrogens is 1. The number of halogens is 3. The van der Waals surface area contributed by atoms with Crippen LogP contribution in [0.15, 0.2) is 48.7 Å². The fraction of sp³-hybridized carbons (Fsp3) is 0.560. The van der Waals surface area contributed by atoms with Crippen LogP contribution in [0, 0.1) is 0 Å². The van der Waals surface area contributed by atoms with Gasteiger partial charge in [0.25, 0.3) is 0 Å². The lowest BCUT2D eigenvalue weighted by Gasteiger charge is -2.68. The summed E-state index contributed by atoms with van der Waals surface area (Å²) in [6, 6.07) is 11.0. The van der Waals surface area contributed by atoms with Gasteiger partial charge in [-0.25, -0.2) is 0 Å². The van der Waals surface area contributed by atoms with Crippen LogP contribution in [0.3, 0.4) is 0 Å². The Balaban J connectivity index is 2.09. The number of pyridine rings is 1. The van der Waals surface area contributed by atoms with Crippen LogP contribution >= 0.6 is 0 Å². The summed E-state index contributed by atoms with van der Waals surface area (Å²) in [5.41, 5.74) is 5.70. The number of likely N-dealkylation sites (tertiary alicyclic amines) is 1. The van der Waals surface area contributed by atoms with E-state index in [0.717, 1.165) is 29.9 Å². The third-order valence-electron chi connectivity index (χ3n) is 7.36. The van der Waals surface area contributed by atoms with E-state index in [2.05, 4.69) is 55.1 Å². The molecule has 4 N–H and O–H groups in total. The molecule has 0 saturated carbocycles. The lowest BCUT2D eigenvalue weighted by molar-refractivity contribution is -0.147. The molecule has 1 fully saturated rings. The van der Waals surface area contributed by atoms with E-state index in [1.165, 1.54) is 12.1 Å². The first kappa shape index (κ1) is 25.6. The van der Waals surface area contributed by atoms with Crippen LogP contribution < -0.4 is 16.4 Å². The molecule has 2 heterocycles. The highest BCUT2D eigenvalue weighted by atomic mass is 19.4. The summed E-state index contributed by atoms with van der Waals surface area (Å²) in [4.78, 5) is 7.07. The Morgan fingerprint density at radius 3 is 2.18 bits per heavy atom. The fourth-order valence-corrected chi connectivity index (χ4v) is 6.19. The Labute approximate surface area is 195 Å². The minimum atomic E-state index is -4.36. The summed E-state index contributed by atoms with van der Waals surface area (Å²) < 4.78 is 39.0. The Hall–Kier alpha value is -2.00. The molecule has 1 aliphatic heterocycles. The third kappa shape index (κ3) is 4.18. The summed E-state index contributed by atoms with van der Waals surface area (Å²) in [6.45, 7) is 12.0. The monoisotopic (exact) mass is 463 g/mol. The van der Waals surface area contributed by atoms with Gasteiger partial charge in [-0.15, -0.1) is 0 Å². The van der Waals surface area contributed by atoms with Crippen LogP contribution in [0.5, 0.6) is 0 Å². The molecule has 2 aromatic rings. The summed E-state index contributed by atoms with van der Waals surface area (Å²) in [6.07, 6.45) is -2.00. The maximum absolute atomic E-state index is 13.0. The highest BCUT2D eigenvalue weighted by Gasteiger charge is 2.67. The predicted octanol–water partition coefficient (Wildman–Crippen LogP) is 4.24. The van der Waals surface area contributed by atoms with Crippen LogP contribution in [0.25, 0.3) is 0 Å². The van der Waals surface area contributed by atoms with Gasteiger partial charge in [-0.3, -0.25) is 20.5 Å². The standard InChI is InChI=1S/C25H36F3N5/c1-7-33-21(2,3)17-23(29,20-10-8-9-15-31-20)25(30-6,22(33,4)5)32-16-18-11-13-19(14-12-18)24(26,27)28/h8-15,30,32H,7,16-17,29H2,1-6H3. The third-order valence-corrected chi connectivity index (χ3v) is 7.36. The van der Waals surface area contributed by atoms with Crippen molar-refractivity contribution in [1.29, 1.82) is 0 Å². The highest BCUT2D eigenvalue weighted by Crippen LogP contribution is 2.51. The van der Waals surface area contributed by atoms with Gasteiger partial charge in [0.2, 0.25) is 0 Å². The molecule has 5 nitrogen and oxygen atoms in total. The Morgan fingerprint density at radius 1 is 1.06 bits per heavy atom. The van der Waals surface area contributed by atoms with Gasteiger partial charge in [-0.05, 0) is 77.5 Å². The Morgan fingerprint density at radius 2 is 1.70 bits per heavy atom. The van der Waals surface area contributed by atoms with Crippen molar-refractivity contribution in [2.24, 2.45) is 5.73 Å². The highest BCUT2D eigenvalue weighted by molar-refractivity contribution is 5.33. The van der Waals surface area contributed by atoms with E-state index in [1.807, 2.05) is 25.2 Å². The number of nitrogens with two attached hydrogens (primary N) is 1. The summed E-state index contributed by atoms with van der Waals surface area (Å²) in [5, 5.41) is 7.15. The van der Waals surface area contributed by atoms with E-state index in [4.69, 9.17) is 5.73 Å². The maximum atomic E-state index is 13.0. The Kier molecular flexibility index (Phi) is 6.72. The first-order valence-electron chi connectivity index (χ1n) is 11.3. The minimum Gasteiger partial charge on any atom is -0.317 e. The van der Waals surface area contributed by atoms with Gasteiger partial charge >= 0.3 is 6.18 Å². The van der Waals surface area contributed by atoms with E-state index >= 15 is 0 Å². The largest absolute Gasteiger partial charge is 0.416 e. The van der Waals surface area contributed by atoms with Gasteiger partial charge < -0.3 is 5.73 Å². The molecule has 0 aliphatic carbocycles. The molecule has 1 aromatic carbocycles. The lowest BCUT2D eigenvalue weighted by atomic mass is 9.60. The number of hydrogen-bond acceptors (Lipinski definition) is 5. The number of benzene rings is 1. The van der Waals surface area contributed by atoms with Crippen molar-refractivity contribution in [2.45, 2.75) is 76.0 Å². The Bertz CT molecular complexity index is 943. The van der Waals surface area contributed by atoms with Gasteiger partial charge in [0.1, 0.15) is 5.66 Å².